The normalized spacial score (nSPS) is 45.6. The molecule has 4 rings (SSSR count). The van der Waals surface area contributed by atoms with Crippen molar-refractivity contribution in [1.82, 2.24) is 0 Å². The highest BCUT2D eigenvalue weighted by atomic mass is 16.5. The lowest BCUT2D eigenvalue weighted by Gasteiger charge is -2.68. The van der Waals surface area contributed by atoms with Crippen molar-refractivity contribution in [2.45, 2.75) is 19.3 Å². The maximum absolute atomic E-state index is 10.0. The van der Waals surface area contributed by atoms with Gasteiger partial charge in [-0.15, -0.1) is 0 Å². The van der Waals surface area contributed by atoms with Crippen LogP contribution < -0.4 is 0 Å². The Hall–Kier alpha value is -1.59. The van der Waals surface area contributed by atoms with Gasteiger partial charge in [0.1, 0.15) is 0 Å². The zero-order chi connectivity index (χ0) is 13.3. The van der Waals surface area contributed by atoms with Gasteiger partial charge < -0.3 is 4.74 Å². The van der Waals surface area contributed by atoms with Crippen molar-refractivity contribution in [3.63, 3.8) is 0 Å². The van der Waals surface area contributed by atoms with Gasteiger partial charge in [0, 0.05) is 10.8 Å². The second-order valence-corrected chi connectivity index (χ2v) is 6.44. The van der Waals surface area contributed by atoms with Crippen LogP contribution in [0.15, 0.2) is 30.3 Å². The van der Waals surface area contributed by atoms with Crippen molar-refractivity contribution >= 4 is 6.08 Å². The van der Waals surface area contributed by atoms with Crippen molar-refractivity contribution in [1.29, 1.82) is 5.26 Å². The van der Waals surface area contributed by atoms with E-state index in [1.54, 1.807) is 0 Å². The van der Waals surface area contributed by atoms with E-state index in [2.05, 4.69) is 44.2 Å². The zero-order valence-electron chi connectivity index (χ0n) is 11.3. The van der Waals surface area contributed by atoms with Gasteiger partial charge in [0.25, 0.3) is 0 Å². The number of nitriles is 1. The van der Waals surface area contributed by atoms with Crippen LogP contribution in [0, 0.1) is 28.1 Å². The largest absolute Gasteiger partial charge is 0.380 e. The van der Waals surface area contributed by atoms with Gasteiger partial charge in [-0.3, -0.25) is 0 Å². The van der Waals surface area contributed by atoms with Gasteiger partial charge in [-0.25, -0.2) is 0 Å². The van der Waals surface area contributed by atoms with Crippen LogP contribution in [0.5, 0.6) is 0 Å². The molecule has 2 aliphatic carbocycles. The summed E-state index contributed by atoms with van der Waals surface area (Å²) in [5.41, 5.74) is 1.92. The molecule has 1 aromatic rings. The minimum absolute atomic E-state index is 0.0900. The Kier molecular flexibility index (Phi) is 1.84. The summed E-state index contributed by atoms with van der Waals surface area (Å²) in [6.45, 7) is 5.93. The molecule has 1 spiro atoms. The molecule has 2 nitrogen and oxygen atoms in total. The van der Waals surface area contributed by atoms with Gasteiger partial charge in [0.15, 0.2) is 0 Å². The van der Waals surface area contributed by atoms with E-state index in [0.717, 1.165) is 6.61 Å². The van der Waals surface area contributed by atoms with Gasteiger partial charge in [0.2, 0.25) is 0 Å². The van der Waals surface area contributed by atoms with E-state index in [-0.39, 0.29) is 10.8 Å². The summed E-state index contributed by atoms with van der Waals surface area (Å²) in [5, 5.41) is 10.0. The molecule has 1 aliphatic heterocycles. The minimum Gasteiger partial charge on any atom is -0.380 e. The van der Waals surface area contributed by atoms with Crippen molar-refractivity contribution < 1.29 is 4.74 Å². The Morgan fingerprint density at radius 1 is 1.32 bits per heavy atom. The van der Waals surface area contributed by atoms with Crippen molar-refractivity contribution in [2.24, 2.45) is 16.7 Å². The van der Waals surface area contributed by atoms with Crippen LogP contribution in [-0.4, -0.2) is 13.2 Å². The zero-order valence-corrected chi connectivity index (χ0v) is 11.3. The number of hydrogen-bond donors (Lipinski definition) is 0. The summed E-state index contributed by atoms with van der Waals surface area (Å²) < 4.78 is 5.80. The fourth-order valence-electron chi connectivity index (χ4n) is 4.91. The second kappa shape index (κ2) is 3.11. The van der Waals surface area contributed by atoms with Gasteiger partial charge in [-0.1, -0.05) is 50.3 Å². The highest BCUT2D eigenvalue weighted by Crippen LogP contribution is 2.76. The molecule has 2 heteroatoms. The quantitative estimate of drug-likeness (QED) is 0.709. The highest BCUT2D eigenvalue weighted by Gasteiger charge is 2.79. The average molecular weight is 251 g/mol. The second-order valence-electron chi connectivity index (χ2n) is 6.44. The molecule has 2 fully saturated rings. The number of fused-ring (bicyclic) bond motifs is 2. The van der Waals surface area contributed by atoms with E-state index in [9.17, 15) is 5.26 Å². The molecule has 19 heavy (non-hydrogen) atoms. The lowest BCUT2D eigenvalue weighted by atomic mass is 9.30. The molecule has 1 aromatic carbocycles. The Bertz CT molecular complexity index is 643. The predicted molar refractivity (Wildman–Crippen MR) is 73.3 cm³/mol. The smallest absolute Gasteiger partial charge is 0.0978 e. The lowest BCUT2D eigenvalue weighted by Crippen LogP contribution is -2.72. The number of nitrogens with zero attached hydrogens (tertiary/aromatic N) is 1. The molecule has 0 radical (unpaired) electrons. The summed E-state index contributed by atoms with van der Waals surface area (Å²) in [7, 11) is 0. The monoisotopic (exact) mass is 251 g/mol. The molecular weight excluding hydrogens is 234 g/mol. The standard InChI is InChI=1S/C17H17NO/c1-12-15(2)10-19-11-16(15)8-7-13-5-3-4-6-14(13)17(12,16)9-18/h3-8,12H,10-11H2,1-2H3/t12-,15-,16-,17?/m1/s1. The fourth-order valence-corrected chi connectivity index (χ4v) is 4.91. The predicted octanol–water partition coefficient (Wildman–Crippen LogP) is 3.15. The lowest BCUT2D eigenvalue weighted by molar-refractivity contribution is -0.120. The van der Waals surface area contributed by atoms with E-state index < -0.39 is 5.41 Å². The van der Waals surface area contributed by atoms with Gasteiger partial charge in [-0.2, -0.15) is 5.26 Å². The van der Waals surface area contributed by atoms with E-state index >= 15 is 0 Å². The molecule has 0 amide bonds. The first-order chi connectivity index (χ1) is 9.12. The summed E-state index contributed by atoms with van der Waals surface area (Å²) in [4.78, 5) is 0. The Morgan fingerprint density at radius 3 is 2.89 bits per heavy atom. The third-order valence-corrected chi connectivity index (χ3v) is 6.17. The summed E-state index contributed by atoms with van der Waals surface area (Å²) in [6, 6.07) is 11.0. The molecule has 0 aromatic heterocycles. The van der Waals surface area contributed by atoms with Gasteiger partial charge in [-0.05, 0) is 17.0 Å². The third-order valence-electron chi connectivity index (χ3n) is 6.17. The van der Waals surface area contributed by atoms with E-state index in [1.807, 2.05) is 12.1 Å². The molecule has 1 saturated heterocycles. The van der Waals surface area contributed by atoms with Crippen molar-refractivity contribution in [3.8, 4) is 6.07 Å². The molecule has 1 heterocycles. The first kappa shape index (κ1) is 11.3. The van der Waals surface area contributed by atoms with E-state index in [4.69, 9.17) is 4.74 Å². The SMILES string of the molecule is C[C@H]1C2(C#N)c3ccccc3C=C[C@]23COC[C@]13C. The molecule has 1 unspecified atom stereocenters. The number of rotatable bonds is 0. The minimum atomic E-state index is -0.413. The van der Waals surface area contributed by atoms with Crippen molar-refractivity contribution in [3.05, 3.63) is 41.5 Å². The van der Waals surface area contributed by atoms with Crippen LogP contribution in [0.3, 0.4) is 0 Å². The molecule has 96 valence electrons. The van der Waals surface area contributed by atoms with Crippen LogP contribution in [0.1, 0.15) is 25.0 Å². The maximum atomic E-state index is 10.0. The van der Waals surface area contributed by atoms with Crippen LogP contribution in [0.25, 0.3) is 6.08 Å². The number of hydrogen-bond acceptors (Lipinski definition) is 2. The van der Waals surface area contributed by atoms with Gasteiger partial charge >= 0.3 is 0 Å². The van der Waals surface area contributed by atoms with Crippen molar-refractivity contribution in [2.75, 3.05) is 13.2 Å². The molecule has 4 atom stereocenters. The highest BCUT2D eigenvalue weighted by molar-refractivity contribution is 5.68. The Morgan fingerprint density at radius 2 is 2.11 bits per heavy atom. The number of ether oxygens (including phenoxy) is 1. The summed E-state index contributed by atoms with van der Waals surface area (Å²) in [5.74, 6) is 0.318. The molecule has 0 N–H and O–H groups in total. The number of benzene rings is 1. The van der Waals surface area contributed by atoms with E-state index in [0.29, 0.717) is 12.5 Å². The maximum Gasteiger partial charge on any atom is 0.0978 e. The van der Waals surface area contributed by atoms with Gasteiger partial charge in [0.05, 0.1) is 24.7 Å². The fraction of sp³-hybridized carbons (Fsp3) is 0.471. The van der Waals surface area contributed by atoms with Crippen LogP contribution >= 0.6 is 0 Å². The summed E-state index contributed by atoms with van der Waals surface area (Å²) in [6.07, 6.45) is 4.44. The Labute approximate surface area is 113 Å². The van der Waals surface area contributed by atoms with Crippen LogP contribution in [0.2, 0.25) is 0 Å². The van der Waals surface area contributed by atoms with Crippen LogP contribution in [0.4, 0.5) is 0 Å². The average Bonchev–Trinajstić information content (AvgIpc) is 2.74. The van der Waals surface area contributed by atoms with Crippen LogP contribution in [-0.2, 0) is 10.2 Å². The molecule has 1 saturated carbocycles. The first-order valence-corrected chi connectivity index (χ1v) is 6.90. The molecule has 3 aliphatic rings. The third kappa shape index (κ3) is 0.875. The topological polar surface area (TPSA) is 33.0 Å². The van der Waals surface area contributed by atoms with E-state index in [1.165, 1.54) is 11.1 Å². The Balaban J connectivity index is 2.05. The summed E-state index contributed by atoms with van der Waals surface area (Å²) >= 11 is 0. The first-order valence-electron chi connectivity index (χ1n) is 6.90. The molecular formula is C17H17NO. The molecule has 0 bridgehead atoms.